The van der Waals surface area contributed by atoms with Gasteiger partial charge < -0.3 is 14.8 Å². The average Bonchev–Trinajstić information content (AvgIpc) is 2.66. The second-order valence-electron chi connectivity index (χ2n) is 5.68. The molecule has 0 saturated heterocycles. The quantitative estimate of drug-likeness (QED) is 0.440. The lowest BCUT2D eigenvalue weighted by molar-refractivity contribution is -0.385. The lowest BCUT2D eigenvalue weighted by atomic mass is 10.1. The third-order valence-electron chi connectivity index (χ3n) is 3.64. The van der Waals surface area contributed by atoms with Crippen LogP contribution in [0.25, 0.3) is 0 Å². The predicted molar refractivity (Wildman–Crippen MR) is 99.1 cm³/mol. The summed E-state index contributed by atoms with van der Waals surface area (Å²) in [6.45, 7) is 2.93. The molecule has 0 saturated carbocycles. The van der Waals surface area contributed by atoms with Gasteiger partial charge in [-0.25, -0.2) is 9.59 Å². The first-order chi connectivity index (χ1) is 13.3. The minimum atomic E-state index is -0.772. The van der Waals surface area contributed by atoms with Gasteiger partial charge in [0.1, 0.15) is 0 Å². The third kappa shape index (κ3) is 5.37. The molecule has 0 atom stereocenters. The van der Waals surface area contributed by atoms with Crippen LogP contribution < -0.4 is 5.32 Å². The summed E-state index contributed by atoms with van der Waals surface area (Å²) >= 11 is 0. The van der Waals surface area contributed by atoms with Crippen molar-refractivity contribution in [2.75, 3.05) is 18.5 Å². The summed E-state index contributed by atoms with van der Waals surface area (Å²) in [6.07, 6.45) is 0. The van der Waals surface area contributed by atoms with Crippen molar-refractivity contribution in [2.24, 2.45) is 0 Å². The standard InChI is InChI=1S/C19H18N2O7/c1-3-27-18(23)13-4-7-15(8-5-13)20-17(22)11-28-19(24)14-6-9-16(21(25)26)12(2)10-14/h4-10H,3,11H2,1-2H3,(H,20,22). The second-order valence-corrected chi connectivity index (χ2v) is 5.68. The van der Waals surface area contributed by atoms with Crippen molar-refractivity contribution in [3.8, 4) is 0 Å². The number of rotatable bonds is 7. The molecule has 146 valence electrons. The van der Waals surface area contributed by atoms with Crippen LogP contribution in [-0.2, 0) is 14.3 Å². The second kappa shape index (κ2) is 9.26. The zero-order valence-electron chi connectivity index (χ0n) is 15.3. The van der Waals surface area contributed by atoms with Gasteiger partial charge in [0.15, 0.2) is 6.61 Å². The number of anilines is 1. The van der Waals surface area contributed by atoms with Crippen LogP contribution in [0, 0.1) is 17.0 Å². The molecule has 0 spiro atoms. The Balaban J connectivity index is 1.90. The van der Waals surface area contributed by atoms with Crippen molar-refractivity contribution in [1.29, 1.82) is 0 Å². The fraction of sp³-hybridized carbons (Fsp3) is 0.211. The maximum absolute atomic E-state index is 12.0. The molecule has 0 fully saturated rings. The van der Waals surface area contributed by atoms with Crippen LogP contribution >= 0.6 is 0 Å². The predicted octanol–water partition coefficient (Wildman–Crippen LogP) is 2.88. The lowest BCUT2D eigenvalue weighted by Gasteiger charge is -2.08. The van der Waals surface area contributed by atoms with Gasteiger partial charge in [0.25, 0.3) is 11.6 Å². The van der Waals surface area contributed by atoms with Crippen molar-refractivity contribution in [3.63, 3.8) is 0 Å². The number of carbonyl (C=O) groups is 3. The molecule has 2 rings (SSSR count). The Kier molecular flexibility index (Phi) is 6.80. The number of nitro benzene ring substituents is 1. The number of esters is 2. The van der Waals surface area contributed by atoms with E-state index >= 15 is 0 Å². The minimum Gasteiger partial charge on any atom is -0.462 e. The van der Waals surface area contributed by atoms with E-state index in [4.69, 9.17) is 9.47 Å². The van der Waals surface area contributed by atoms with Crippen LogP contribution in [0.15, 0.2) is 42.5 Å². The third-order valence-corrected chi connectivity index (χ3v) is 3.64. The molecule has 0 aromatic heterocycles. The number of nitrogens with one attached hydrogen (secondary N) is 1. The number of benzene rings is 2. The Morgan fingerprint density at radius 3 is 2.18 bits per heavy atom. The number of hydrogen-bond donors (Lipinski definition) is 1. The highest BCUT2D eigenvalue weighted by Crippen LogP contribution is 2.19. The fourth-order valence-electron chi connectivity index (χ4n) is 2.30. The molecule has 0 heterocycles. The van der Waals surface area contributed by atoms with Crippen LogP contribution in [0.2, 0.25) is 0 Å². The molecule has 2 aromatic rings. The minimum absolute atomic E-state index is 0.106. The lowest BCUT2D eigenvalue weighted by Crippen LogP contribution is -2.21. The Bertz CT molecular complexity index is 907. The normalized spacial score (nSPS) is 10.1. The summed E-state index contributed by atoms with van der Waals surface area (Å²) in [7, 11) is 0. The Labute approximate surface area is 160 Å². The first kappa shape index (κ1) is 20.6. The van der Waals surface area contributed by atoms with E-state index in [-0.39, 0.29) is 17.9 Å². The van der Waals surface area contributed by atoms with Crippen LogP contribution in [0.5, 0.6) is 0 Å². The molecule has 0 aliphatic rings. The number of hydrogen-bond acceptors (Lipinski definition) is 7. The maximum Gasteiger partial charge on any atom is 0.338 e. The van der Waals surface area contributed by atoms with E-state index in [1.807, 2.05) is 0 Å². The highest BCUT2D eigenvalue weighted by molar-refractivity contribution is 5.96. The number of amides is 1. The molecule has 9 nitrogen and oxygen atoms in total. The molecule has 0 unspecified atom stereocenters. The van der Waals surface area contributed by atoms with Crippen LogP contribution in [0.3, 0.4) is 0 Å². The molecule has 0 radical (unpaired) electrons. The van der Waals surface area contributed by atoms with E-state index in [1.165, 1.54) is 49.4 Å². The van der Waals surface area contributed by atoms with E-state index in [0.717, 1.165) is 0 Å². The summed E-state index contributed by atoms with van der Waals surface area (Å²) in [5.74, 6) is -1.81. The van der Waals surface area contributed by atoms with Gasteiger partial charge in [-0.05, 0) is 50.2 Å². The van der Waals surface area contributed by atoms with Gasteiger partial charge in [-0.1, -0.05) is 0 Å². The number of aryl methyl sites for hydroxylation is 1. The molecule has 1 amide bonds. The molecule has 2 aromatic carbocycles. The van der Waals surface area contributed by atoms with Crippen molar-refractivity contribution in [2.45, 2.75) is 13.8 Å². The molecule has 0 aliphatic carbocycles. The SMILES string of the molecule is CCOC(=O)c1ccc(NC(=O)COC(=O)c2ccc([N+](=O)[O-])c(C)c2)cc1. The van der Waals surface area contributed by atoms with Crippen molar-refractivity contribution in [3.05, 3.63) is 69.3 Å². The fourth-order valence-corrected chi connectivity index (χ4v) is 2.30. The van der Waals surface area contributed by atoms with Gasteiger partial charge >= 0.3 is 11.9 Å². The van der Waals surface area contributed by atoms with E-state index in [2.05, 4.69) is 5.32 Å². The monoisotopic (exact) mass is 386 g/mol. The average molecular weight is 386 g/mol. The van der Waals surface area contributed by atoms with Gasteiger partial charge in [0, 0.05) is 17.3 Å². The van der Waals surface area contributed by atoms with Gasteiger partial charge in [0.05, 0.1) is 22.7 Å². The van der Waals surface area contributed by atoms with Gasteiger partial charge in [-0.15, -0.1) is 0 Å². The highest BCUT2D eigenvalue weighted by atomic mass is 16.6. The summed E-state index contributed by atoms with van der Waals surface area (Å²) in [4.78, 5) is 45.7. The summed E-state index contributed by atoms with van der Waals surface area (Å²) in [5.41, 5.74) is 1.07. The largest absolute Gasteiger partial charge is 0.462 e. The zero-order valence-corrected chi connectivity index (χ0v) is 15.3. The first-order valence-corrected chi connectivity index (χ1v) is 8.31. The number of nitrogens with zero attached hydrogens (tertiary/aromatic N) is 1. The van der Waals surface area contributed by atoms with Crippen LogP contribution in [0.4, 0.5) is 11.4 Å². The van der Waals surface area contributed by atoms with Gasteiger partial charge in [-0.3, -0.25) is 14.9 Å². The van der Waals surface area contributed by atoms with E-state index < -0.39 is 29.4 Å². The smallest absolute Gasteiger partial charge is 0.338 e. The van der Waals surface area contributed by atoms with Gasteiger partial charge in [-0.2, -0.15) is 0 Å². The Morgan fingerprint density at radius 2 is 1.61 bits per heavy atom. The van der Waals surface area contributed by atoms with E-state index in [9.17, 15) is 24.5 Å². The van der Waals surface area contributed by atoms with E-state index in [0.29, 0.717) is 16.8 Å². The summed E-state index contributed by atoms with van der Waals surface area (Å²) in [5, 5.41) is 13.3. The first-order valence-electron chi connectivity index (χ1n) is 8.31. The van der Waals surface area contributed by atoms with Crippen molar-refractivity contribution in [1.82, 2.24) is 0 Å². The number of nitro groups is 1. The molecule has 0 aliphatic heterocycles. The topological polar surface area (TPSA) is 125 Å². The summed E-state index contributed by atoms with van der Waals surface area (Å²) in [6, 6.07) is 9.83. The maximum atomic E-state index is 12.0. The van der Waals surface area contributed by atoms with Crippen LogP contribution in [0.1, 0.15) is 33.2 Å². The van der Waals surface area contributed by atoms with Crippen LogP contribution in [-0.4, -0.2) is 36.0 Å². The number of carbonyl (C=O) groups excluding carboxylic acids is 3. The molecular formula is C19H18N2O7. The Morgan fingerprint density at radius 1 is 1.00 bits per heavy atom. The Hall–Kier alpha value is -3.75. The molecule has 9 heteroatoms. The highest BCUT2D eigenvalue weighted by Gasteiger charge is 2.16. The van der Waals surface area contributed by atoms with E-state index in [1.54, 1.807) is 6.92 Å². The molecular weight excluding hydrogens is 368 g/mol. The molecule has 1 N–H and O–H groups in total. The number of ether oxygens (including phenoxy) is 2. The van der Waals surface area contributed by atoms with Crippen molar-refractivity contribution < 1.29 is 28.8 Å². The molecule has 0 bridgehead atoms. The van der Waals surface area contributed by atoms with Crippen molar-refractivity contribution >= 4 is 29.2 Å². The molecule has 28 heavy (non-hydrogen) atoms. The van der Waals surface area contributed by atoms with Gasteiger partial charge in [0.2, 0.25) is 0 Å². The zero-order chi connectivity index (χ0) is 20.7. The summed E-state index contributed by atoms with van der Waals surface area (Å²) < 4.78 is 9.78.